The van der Waals surface area contributed by atoms with Crippen molar-refractivity contribution in [1.82, 2.24) is 20.3 Å². The third-order valence-corrected chi connectivity index (χ3v) is 7.81. The summed E-state index contributed by atoms with van der Waals surface area (Å²) in [5, 5.41) is 3.77. The first-order valence-electron chi connectivity index (χ1n) is 12.1. The van der Waals surface area contributed by atoms with Crippen LogP contribution in [0.15, 0.2) is 6.33 Å². The van der Waals surface area contributed by atoms with Gasteiger partial charge in [0.15, 0.2) is 6.67 Å². The molecule has 31 heavy (non-hydrogen) atoms. The Morgan fingerprint density at radius 3 is 2.39 bits per heavy atom. The number of rotatable bonds is 5. The molecule has 4 rings (SSSR count). The molecule has 7 nitrogen and oxygen atoms in total. The molecule has 1 saturated heterocycles. The first-order valence-corrected chi connectivity index (χ1v) is 12.5. The SMILES string of the molecule is CC1C[N+](CN(c2ncnc(Cl)n2)C2CCCCC2)(C2CCCCC2)C(=O)C(C)(C)N1. The highest BCUT2D eigenvalue weighted by molar-refractivity contribution is 6.28. The summed E-state index contributed by atoms with van der Waals surface area (Å²) < 4.78 is 0.501. The van der Waals surface area contributed by atoms with Crippen molar-refractivity contribution < 1.29 is 9.28 Å². The number of hydrogen-bond acceptors (Lipinski definition) is 6. The van der Waals surface area contributed by atoms with Gasteiger partial charge in [0.05, 0.1) is 12.1 Å². The van der Waals surface area contributed by atoms with Crippen LogP contribution in [0.1, 0.15) is 85.0 Å². The molecule has 3 aliphatic rings. The molecule has 1 N–H and O–H groups in total. The van der Waals surface area contributed by atoms with E-state index in [9.17, 15) is 4.79 Å². The van der Waals surface area contributed by atoms with Crippen LogP contribution >= 0.6 is 11.6 Å². The van der Waals surface area contributed by atoms with Gasteiger partial charge in [0.25, 0.3) is 0 Å². The van der Waals surface area contributed by atoms with E-state index in [0.717, 1.165) is 32.2 Å². The lowest BCUT2D eigenvalue weighted by Gasteiger charge is -2.54. The summed E-state index contributed by atoms with van der Waals surface area (Å²) in [4.78, 5) is 29.5. The lowest BCUT2D eigenvalue weighted by molar-refractivity contribution is -0.887. The summed E-state index contributed by atoms with van der Waals surface area (Å²) in [5.74, 6) is 0.926. The van der Waals surface area contributed by atoms with E-state index in [-0.39, 0.29) is 11.3 Å². The van der Waals surface area contributed by atoms with E-state index in [1.165, 1.54) is 44.9 Å². The molecule has 1 aromatic heterocycles. The summed E-state index contributed by atoms with van der Waals surface area (Å²) in [6.07, 6.45) is 13.3. The molecular formula is C23H38ClN6O+. The Hall–Kier alpha value is -1.31. The zero-order chi connectivity index (χ0) is 22.1. The fraction of sp³-hybridized carbons (Fsp3) is 0.826. The van der Waals surface area contributed by atoms with Gasteiger partial charge >= 0.3 is 5.91 Å². The highest BCUT2D eigenvalue weighted by Gasteiger charge is 2.56. The lowest BCUT2D eigenvalue weighted by atomic mass is 9.86. The minimum absolute atomic E-state index is 0.218. The minimum Gasteiger partial charge on any atom is -0.292 e. The number of aromatic nitrogens is 3. The van der Waals surface area contributed by atoms with Crippen LogP contribution in [0.5, 0.6) is 0 Å². The Labute approximate surface area is 191 Å². The smallest absolute Gasteiger partial charge is 0.292 e. The fourth-order valence-corrected chi connectivity index (χ4v) is 6.51. The number of halogens is 1. The van der Waals surface area contributed by atoms with E-state index in [0.29, 0.717) is 35.1 Å². The van der Waals surface area contributed by atoms with E-state index in [1.807, 2.05) is 13.8 Å². The van der Waals surface area contributed by atoms with Crippen LogP contribution < -0.4 is 10.2 Å². The Morgan fingerprint density at radius 2 is 1.74 bits per heavy atom. The van der Waals surface area contributed by atoms with Crippen LogP contribution in [0.3, 0.4) is 0 Å². The molecule has 0 spiro atoms. The van der Waals surface area contributed by atoms with Crippen LogP contribution in [-0.2, 0) is 4.79 Å². The second-order valence-electron chi connectivity index (χ2n) is 10.4. The van der Waals surface area contributed by atoms with E-state index in [4.69, 9.17) is 11.6 Å². The first-order chi connectivity index (χ1) is 14.8. The lowest BCUT2D eigenvalue weighted by Crippen LogP contribution is -2.78. The molecule has 3 fully saturated rings. The Balaban J connectivity index is 1.76. The van der Waals surface area contributed by atoms with Crippen LogP contribution in [-0.4, -0.2) is 62.2 Å². The maximum absolute atomic E-state index is 14.1. The maximum Gasteiger partial charge on any atom is 0.335 e. The van der Waals surface area contributed by atoms with Gasteiger partial charge in [-0.05, 0) is 70.9 Å². The minimum atomic E-state index is -0.551. The molecule has 2 heterocycles. The van der Waals surface area contributed by atoms with Gasteiger partial charge < -0.3 is 0 Å². The number of hydrogen-bond donors (Lipinski definition) is 1. The van der Waals surface area contributed by atoms with Crippen molar-refractivity contribution >= 4 is 23.5 Å². The van der Waals surface area contributed by atoms with Crippen molar-refractivity contribution in [1.29, 1.82) is 0 Å². The third kappa shape index (κ3) is 4.74. The number of anilines is 1. The number of carbonyl (C=O) groups excluding carboxylic acids is 1. The number of nitrogens with one attached hydrogen (secondary N) is 1. The molecule has 0 aromatic carbocycles. The zero-order valence-corrected chi connectivity index (χ0v) is 20.1. The molecule has 2 saturated carbocycles. The van der Waals surface area contributed by atoms with Crippen molar-refractivity contribution in [3.8, 4) is 0 Å². The number of carbonyl (C=O) groups is 1. The average Bonchev–Trinajstić information content (AvgIpc) is 2.76. The fourth-order valence-electron chi connectivity index (χ4n) is 6.39. The van der Waals surface area contributed by atoms with Crippen LogP contribution in [0.4, 0.5) is 5.95 Å². The first kappa shape index (κ1) is 22.9. The molecule has 8 heteroatoms. The molecule has 1 aliphatic heterocycles. The largest absolute Gasteiger partial charge is 0.335 e. The molecule has 2 aliphatic carbocycles. The van der Waals surface area contributed by atoms with E-state index in [2.05, 4.69) is 32.1 Å². The Bertz CT molecular complexity index is 777. The molecule has 0 radical (unpaired) electrons. The summed E-state index contributed by atoms with van der Waals surface area (Å²) in [7, 11) is 0. The van der Waals surface area contributed by atoms with Crippen LogP contribution in [0, 0.1) is 0 Å². The van der Waals surface area contributed by atoms with Crippen molar-refractivity contribution in [2.75, 3.05) is 18.1 Å². The van der Waals surface area contributed by atoms with Gasteiger partial charge in [0, 0.05) is 6.04 Å². The number of amides is 1. The third-order valence-electron chi connectivity index (χ3n) is 7.63. The monoisotopic (exact) mass is 449 g/mol. The molecule has 1 aromatic rings. The number of nitrogens with zero attached hydrogens (tertiary/aromatic N) is 5. The van der Waals surface area contributed by atoms with Gasteiger partial charge in [-0.1, -0.05) is 25.7 Å². The van der Waals surface area contributed by atoms with E-state index < -0.39 is 5.54 Å². The predicted octanol–water partition coefficient (Wildman–Crippen LogP) is 4.07. The highest BCUT2D eigenvalue weighted by Crippen LogP contribution is 2.37. The predicted molar refractivity (Wildman–Crippen MR) is 123 cm³/mol. The van der Waals surface area contributed by atoms with Crippen molar-refractivity contribution in [2.24, 2.45) is 0 Å². The van der Waals surface area contributed by atoms with Gasteiger partial charge in [0.2, 0.25) is 11.2 Å². The Morgan fingerprint density at radius 1 is 1.10 bits per heavy atom. The Kier molecular flexibility index (Phi) is 6.85. The normalized spacial score (nSPS) is 30.3. The number of quaternary nitrogens is 1. The van der Waals surface area contributed by atoms with Crippen LogP contribution in [0.2, 0.25) is 5.28 Å². The van der Waals surface area contributed by atoms with Gasteiger partial charge in [-0.2, -0.15) is 4.98 Å². The maximum atomic E-state index is 14.1. The van der Waals surface area contributed by atoms with Crippen molar-refractivity contribution in [3.05, 3.63) is 11.6 Å². The van der Waals surface area contributed by atoms with Crippen molar-refractivity contribution in [2.45, 2.75) is 109 Å². The van der Waals surface area contributed by atoms with Crippen LogP contribution in [0.25, 0.3) is 0 Å². The van der Waals surface area contributed by atoms with E-state index in [1.54, 1.807) is 0 Å². The molecule has 2 unspecified atom stereocenters. The van der Waals surface area contributed by atoms with Gasteiger partial charge in [0.1, 0.15) is 18.4 Å². The molecule has 1 amide bonds. The molecule has 2 atom stereocenters. The zero-order valence-electron chi connectivity index (χ0n) is 19.3. The standard InChI is InChI=1S/C23H38ClN6O/c1-17-14-30(19-12-8-5-9-13-19,20(31)23(2,3)28-17)16-29(18-10-6-4-7-11-18)22-26-15-25-21(24)27-22/h15,17-19,28H,4-14,16H2,1-3H3/q+1. The number of piperazine rings is 1. The van der Waals surface area contributed by atoms with Gasteiger partial charge in [-0.3, -0.25) is 10.2 Å². The quantitative estimate of drug-likeness (QED) is 0.683. The van der Waals surface area contributed by atoms with Gasteiger partial charge in [-0.25, -0.2) is 19.2 Å². The highest BCUT2D eigenvalue weighted by atomic mass is 35.5. The molecule has 172 valence electrons. The summed E-state index contributed by atoms with van der Waals surface area (Å²) in [6.45, 7) is 7.75. The van der Waals surface area contributed by atoms with Gasteiger partial charge in [-0.15, -0.1) is 0 Å². The van der Waals surface area contributed by atoms with Crippen molar-refractivity contribution in [3.63, 3.8) is 0 Å². The second kappa shape index (κ2) is 9.28. The molecule has 0 bridgehead atoms. The summed E-state index contributed by atoms with van der Waals surface area (Å²) in [6, 6.07) is 0.963. The second-order valence-corrected chi connectivity index (χ2v) is 10.8. The average molecular weight is 450 g/mol. The topological polar surface area (TPSA) is 71.0 Å². The summed E-state index contributed by atoms with van der Waals surface area (Å²) in [5.41, 5.74) is -0.551. The summed E-state index contributed by atoms with van der Waals surface area (Å²) >= 11 is 6.18. The molecular weight excluding hydrogens is 412 g/mol. The van der Waals surface area contributed by atoms with E-state index >= 15 is 0 Å².